The molecule has 0 aliphatic carbocycles. The Kier molecular flexibility index (Phi) is 36.0. The highest BCUT2D eigenvalue weighted by molar-refractivity contribution is 5.69. The van der Waals surface area contributed by atoms with E-state index < -0.39 is 43.4 Å². The molecule has 0 radical (unpaired) electrons. The number of carbonyl (C=O) groups is 1. The summed E-state index contributed by atoms with van der Waals surface area (Å²) in [6.07, 6.45) is 40.1. The van der Waals surface area contributed by atoms with Gasteiger partial charge in [-0.2, -0.15) is 0 Å². The van der Waals surface area contributed by atoms with E-state index in [1.807, 2.05) is 0 Å². The van der Waals surface area contributed by atoms with Crippen molar-refractivity contribution in [3.8, 4) is 0 Å². The standard InChI is InChI=1S/C47H84O9/c1-3-5-7-9-11-13-15-17-19-20-21-22-23-24-26-28-30-32-34-36-43(49)55-41(40-54-47-46(52)45(51)44(50)42(38-48)56-47)39-53-37-35-33-31-29-27-25-18-16-14-12-10-8-6-4-2/h6,8,12,14,18,25,29,31,41-42,44-48,50-52H,3-5,7,9-11,13,15-17,19-24,26-28,30,32-40H2,1-2H3/b8-6-,14-12-,25-18-,31-29-. The Hall–Kier alpha value is -1.85. The minimum Gasteiger partial charge on any atom is -0.457 e. The van der Waals surface area contributed by atoms with E-state index in [1.165, 1.54) is 103 Å². The molecule has 326 valence electrons. The van der Waals surface area contributed by atoms with Crippen molar-refractivity contribution in [2.24, 2.45) is 0 Å². The molecule has 6 atom stereocenters. The van der Waals surface area contributed by atoms with Crippen LogP contribution >= 0.6 is 0 Å². The third kappa shape index (κ3) is 29.4. The smallest absolute Gasteiger partial charge is 0.306 e. The summed E-state index contributed by atoms with van der Waals surface area (Å²) in [7, 11) is 0. The molecule has 0 aromatic rings. The molecule has 1 aliphatic heterocycles. The minimum atomic E-state index is -1.55. The van der Waals surface area contributed by atoms with Gasteiger partial charge in [-0.15, -0.1) is 0 Å². The maximum Gasteiger partial charge on any atom is 0.306 e. The predicted molar refractivity (Wildman–Crippen MR) is 228 cm³/mol. The molecule has 0 spiro atoms. The molecule has 9 nitrogen and oxygen atoms in total. The fourth-order valence-electron chi connectivity index (χ4n) is 6.73. The molecule has 56 heavy (non-hydrogen) atoms. The number of aliphatic hydroxyl groups excluding tert-OH is 4. The lowest BCUT2D eigenvalue weighted by atomic mass is 9.99. The van der Waals surface area contributed by atoms with E-state index in [4.69, 9.17) is 18.9 Å². The maximum absolute atomic E-state index is 12.8. The summed E-state index contributed by atoms with van der Waals surface area (Å²) in [5.41, 5.74) is 0. The van der Waals surface area contributed by atoms with Crippen LogP contribution in [-0.4, -0.2) is 89.6 Å². The minimum absolute atomic E-state index is 0.108. The molecule has 1 aliphatic rings. The first-order valence-electron chi connectivity index (χ1n) is 22.7. The first-order valence-corrected chi connectivity index (χ1v) is 22.7. The van der Waals surface area contributed by atoms with Gasteiger partial charge in [0.1, 0.15) is 30.5 Å². The Morgan fingerprint density at radius 2 is 1.07 bits per heavy atom. The zero-order valence-corrected chi connectivity index (χ0v) is 35.6. The van der Waals surface area contributed by atoms with Crippen molar-refractivity contribution in [1.29, 1.82) is 0 Å². The van der Waals surface area contributed by atoms with Gasteiger partial charge in [0.15, 0.2) is 6.29 Å². The van der Waals surface area contributed by atoms with Gasteiger partial charge in [-0.05, 0) is 44.9 Å². The van der Waals surface area contributed by atoms with E-state index in [2.05, 4.69) is 62.5 Å². The summed E-state index contributed by atoms with van der Waals surface area (Å²) in [6, 6.07) is 0. The molecule has 0 saturated carbocycles. The van der Waals surface area contributed by atoms with E-state index in [0.717, 1.165) is 57.8 Å². The number of aliphatic hydroxyl groups is 4. The number of hydrogen-bond acceptors (Lipinski definition) is 9. The van der Waals surface area contributed by atoms with Crippen LogP contribution in [0.25, 0.3) is 0 Å². The number of esters is 1. The highest BCUT2D eigenvalue weighted by Crippen LogP contribution is 2.22. The summed E-state index contributed by atoms with van der Waals surface area (Å²) < 4.78 is 22.7. The largest absolute Gasteiger partial charge is 0.457 e. The van der Waals surface area contributed by atoms with Crippen LogP contribution in [0.1, 0.15) is 181 Å². The van der Waals surface area contributed by atoms with Crippen LogP contribution < -0.4 is 0 Å². The van der Waals surface area contributed by atoms with E-state index >= 15 is 0 Å². The molecule has 1 rings (SSSR count). The fraction of sp³-hybridized carbons (Fsp3) is 0.809. The molecule has 0 bridgehead atoms. The van der Waals surface area contributed by atoms with Crippen LogP contribution in [0.3, 0.4) is 0 Å². The van der Waals surface area contributed by atoms with Gasteiger partial charge in [-0.25, -0.2) is 0 Å². The fourth-order valence-corrected chi connectivity index (χ4v) is 6.73. The second-order valence-corrected chi connectivity index (χ2v) is 15.5. The molecule has 0 aromatic heterocycles. The van der Waals surface area contributed by atoms with Crippen LogP contribution in [0.5, 0.6) is 0 Å². The number of carbonyl (C=O) groups excluding carboxylic acids is 1. The lowest BCUT2D eigenvalue weighted by Gasteiger charge is -2.39. The highest BCUT2D eigenvalue weighted by atomic mass is 16.7. The molecule has 6 unspecified atom stereocenters. The molecule has 9 heteroatoms. The molecule has 1 fully saturated rings. The van der Waals surface area contributed by atoms with Crippen LogP contribution in [-0.2, 0) is 23.7 Å². The third-order valence-electron chi connectivity index (χ3n) is 10.3. The molecule has 0 amide bonds. The van der Waals surface area contributed by atoms with Crippen LogP contribution in [0.4, 0.5) is 0 Å². The van der Waals surface area contributed by atoms with Gasteiger partial charge in [0.25, 0.3) is 0 Å². The van der Waals surface area contributed by atoms with Crippen LogP contribution in [0, 0.1) is 0 Å². The Labute approximate surface area is 342 Å². The Bertz CT molecular complexity index is 994. The number of ether oxygens (including phenoxy) is 4. The topological polar surface area (TPSA) is 135 Å². The average Bonchev–Trinajstić information content (AvgIpc) is 3.20. The third-order valence-corrected chi connectivity index (χ3v) is 10.3. The lowest BCUT2D eigenvalue weighted by Crippen LogP contribution is -2.59. The predicted octanol–water partition coefficient (Wildman–Crippen LogP) is 10.1. The normalized spacial score (nSPS) is 21.0. The average molecular weight is 793 g/mol. The Morgan fingerprint density at radius 3 is 1.57 bits per heavy atom. The van der Waals surface area contributed by atoms with E-state index in [-0.39, 0.29) is 19.2 Å². The molecule has 0 aromatic carbocycles. The number of allylic oxidation sites excluding steroid dienone is 8. The summed E-state index contributed by atoms with van der Waals surface area (Å²) in [5, 5.41) is 40.1. The molecular formula is C47H84O9. The zero-order chi connectivity index (χ0) is 40.7. The molecule has 4 N–H and O–H groups in total. The lowest BCUT2D eigenvalue weighted by molar-refractivity contribution is -0.305. The Morgan fingerprint density at radius 1 is 0.589 bits per heavy atom. The SMILES string of the molecule is CC/C=C\C/C=C\C/C=C\C/C=C\CCCOCC(COC1OC(CO)C(O)C(O)C1O)OC(=O)CCCCCCCCCCCCCCCCCCCCC. The van der Waals surface area contributed by atoms with Crippen molar-refractivity contribution in [3.63, 3.8) is 0 Å². The number of rotatable bonds is 38. The number of hydrogen-bond donors (Lipinski definition) is 4. The van der Waals surface area contributed by atoms with E-state index in [1.54, 1.807) is 0 Å². The van der Waals surface area contributed by atoms with Gasteiger partial charge >= 0.3 is 5.97 Å². The second-order valence-electron chi connectivity index (χ2n) is 15.5. The van der Waals surface area contributed by atoms with Gasteiger partial charge in [-0.1, -0.05) is 178 Å². The first-order chi connectivity index (χ1) is 27.4. The van der Waals surface area contributed by atoms with Gasteiger partial charge in [-0.3, -0.25) is 4.79 Å². The first kappa shape index (κ1) is 52.2. The van der Waals surface area contributed by atoms with Crippen molar-refractivity contribution in [2.75, 3.05) is 26.4 Å². The second kappa shape index (κ2) is 38.7. The monoisotopic (exact) mass is 793 g/mol. The molecule has 1 saturated heterocycles. The van der Waals surface area contributed by atoms with Crippen molar-refractivity contribution in [2.45, 2.75) is 218 Å². The van der Waals surface area contributed by atoms with Gasteiger partial charge in [0.2, 0.25) is 0 Å². The highest BCUT2D eigenvalue weighted by Gasteiger charge is 2.44. The molecular weight excluding hydrogens is 709 g/mol. The van der Waals surface area contributed by atoms with E-state index in [9.17, 15) is 25.2 Å². The van der Waals surface area contributed by atoms with Crippen LogP contribution in [0.2, 0.25) is 0 Å². The van der Waals surface area contributed by atoms with Gasteiger partial charge in [0.05, 0.1) is 19.8 Å². The van der Waals surface area contributed by atoms with Crippen molar-refractivity contribution >= 4 is 5.97 Å². The quantitative estimate of drug-likeness (QED) is 0.0274. The van der Waals surface area contributed by atoms with Crippen molar-refractivity contribution in [3.05, 3.63) is 48.6 Å². The maximum atomic E-state index is 12.8. The summed E-state index contributed by atoms with van der Waals surface area (Å²) in [5.74, 6) is -0.331. The van der Waals surface area contributed by atoms with Crippen molar-refractivity contribution < 1.29 is 44.2 Å². The van der Waals surface area contributed by atoms with Crippen molar-refractivity contribution in [1.82, 2.24) is 0 Å². The molecule has 1 heterocycles. The van der Waals surface area contributed by atoms with Gasteiger partial charge in [0, 0.05) is 13.0 Å². The van der Waals surface area contributed by atoms with E-state index in [0.29, 0.717) is 13.0 Å². The zero-order valence-electron chi connectivity index (χ0n) is 35.6. The summed E-state index contributed by atoms with van der Waals surface area (Å²) in [6.45, 7) is 4.31. The summed E-state index contributed by atoms with van der Waals surface area (Å²) in [4.78, 5) is 12.8. The summed E-state index contributed by atoms with van der Waals surface area (Å²) >= 11 is 0. The van der Waals surface area contributed by atoms with Gasteiger partial charge < -0.3 is 39.4 Å². The van der Waals surface area contributed by atoms with Crippen LogP contribution in [0.15, 0.2) is 48.6 Å². The Balaban J connectivity index is 2.27. The number of unbranched alkanes of at least 4 members (excludes halogenated alkanes) is 19.